The number of anilines is 1. The molecule has 11 heteroatoms. The number of hydrogen-bond donors (Lipinski definition) is 2. The lowest BCUT2D eigenvalue weighted by atomic mass is 10.3. The second-order valence-corrected chi connectivity index (χ2v) is 8.87. The summed E-state index contributed by atoms with van der Waals surface area (Å²) in [5.74, 6) is -0.861. The van der Waals surface area contributed by atoms with E-state index in [-0.39, 0.29) is 42.7 Å². The van der Waals surface area contributed by atoms with Crippen LogP contribution < -0.4 is 16.2 Å². The number of carbonyl (C=O) groups excluding carboxylic acids is 2. The standard InChI is InChI=1S/C20H19N5O5S/c26-18-12-24(9-8-21-18)31(29,30)15-5-3-4-14(10-15)23-19(27)13-25-17-7-2-1-6-16(17)22-11-20(25)28/h1-7,10-11H,8-9,12-13H2,(H,21,26)(H,23,27). The topological polar surface area (TPSA) is 130 Å². The molecule has 2 amide bonds. The number of hydrogen-bond acceptors (Lipinski definition) is 6. The van der Waals surface area contributed by atoms with Crippen molar-refractivity contribution in [2.75, 3.05) is 25.0 Å². The smallest absolute Gasteiger partial charge is 0.269 e. The van der Waals surface area contributed by atoms with E-state index in [4.69, 9.17) is 0 Å². The van der Waals surface area contributed by atoms with Crippen LogP contribution in [0, 0.1) is 0 Å². The van der Waals surface area contributed by atoms with Crippen LogP contribution in [0.2, 0.25) is 0 Å². The van der Waals surface area contributed by atoms with Gasteiger partial charge in [0.05, 0.1) is 28.7 Å². The zero-order chi connectivity index (χ0) is 22.0. The second-order valence-electron chi connectivity index (χ2n) is 6.94. The number of fused-ring (bicyclic) bond motifs is 1. The Labute approximate surface area is 177 Å². The normalized spacial score (nSPS) is 14.9. The van der Waals surface area contributed by atoms with Crippen LogP contribution in [0.3, 0.4) is 0 Å². The molecule has 1 aliphatic rings. The summed E-state index contributed by atoms with van der Waals surface area (Å²) in [6.07, 6.45) is 1.15. The summed E-state index contributed by atoms with van der Waals surface area (Å²) in [5.41, 5.74) is 0.936. The molecule has 1 aliphatic heterocycles. The van der Waals surface area contributed by atoms with Gasteiger partial charge >= 0.3 is 0 Å². The van der Waals surface area contributed by atoms with Gasteiger partial charge in [0.25, 0.3) is 5.56 Å². The van der Waals surface area contributed by atoms with Gasteiger partial charge in [-0.15, -0.1) is 0 Å². The highest BCUT2D eigenvalue weighted by molar-refractivity contribution is 7.89. The summed E-state index contributed by atoms with van der Waals surface area (Å²) in [7, 11) is -3.89. The lowest BCUT2D eigenvalue weighted by Gasteiger charge is -2.26. The van der Waals surface area contributed by atoms with Crippen LogP contribution in [0.1, 0.15) is 0 Å². The third kappa shape index (κ3) is 4.32. The summed E-state index contributed by atoms with van der Waals surface area (Å²) in [4.78, 5) is 40.4. The number of sulfonamides is 1. The summed E-state index contributed by atoms with van der Waals surface area (Å²) in [6.45, 7) is -0.103. The Kier molecular flexibility index (Phi) is 5.53. The number of carbonyl (C=O) groups is 2. The molecule has 10 nitrogen and oxygen atoms in total. The van der Waals surface area contributed by atoms with Gasteiger partial charge in [0, 0.05) is 18.8 Å². The van der Waals surface area contributed by atoms with Gasteiger partial charge < -0.3 is 10.6 Å². The fourth-order valence-corrected chi connectivity index (χ4v) is 4.77. The van der Waals surface area contributed by atoms with Crippen LogP contribution in [0.15, 0.2) is 64.4 Å². The minimum Gasteiger partial charge on any atom is -0.354 e. The van der Waals surface area contributed by atoms with Crippen molar-refractivity contribution in [3.63, 3.8) is 0 Å². The molecular weight excluding hydrogens is 422 g/mol. The highest BCUT2D eigenvalue weighted by Crippen LogP contribution is 2.20. The number of para-hydroxylation sites is 2. The maximum atomic E-state index is 12.8. The second kappa shape index (κ2) is 8.28. The molecule has 3 aromatic rings. The van der Waals surface area contributed by atoms with Crippen molar-refractivity contribution in [2.24, 2.45) is 0 Å². The number of aromatic nitrogens is 2. The molecule has 0 saturated carbocycles. The predicted octanol–water partition coefficient (Wildman–Crippen LogP) is 0.156. The number of benzene rings is 2. The number of nitrogens with one attached hydrogen (secondary N) is 2. The van der Waals surface area contributed by atoms with E-state index in [1.807, 2.05) is 0 Å². The monoisotopic (exact) mass is 441 g/mol. The van der Waals surface area contributed by atoms with Crippen LogP contribution in [-0.4, -0.2) is 53.7 Å². The van der Waals surface area contributed by atoms with Crippen LogP contribution in [-0.2, 0) is 26.2 Å². The Morgan fingerprint density at radius 1 is 1.13 bits per heavy atom. The van der Waals surface area contributed by atoms with Crippen LogP contribution in [0.25, 0.3) is 11.0 Å². The van der Waals surface area contributed by atoms with Gasteiger partial charge in [-0.1, -0.05) is 18.2 Å². The average molecular weight is 441 g/mol. The number of amides is 2. The van der Waals surface area contributed by atoms with E-state index >= 15 is 0 Å². The van der Waals surface area contributed by atoms with Crippen molar-refractivity contribution in [1.29, 1.82) is 0 Å². The summed E-state index contributed by atoms with van der Waals surface area (Å²) < 4.78 is 28.1. The van der Waals surface area contributed by atoms with Crippen molar-refractivity contribution in [2.45, 2.75) is 11.4 Å². The number of rotatable bonds is 5. The van der Waals surface area contributed by atoms with Gasteiger partial charge in [0.2, 0.25) is 21.8 Å². The van der Waals surface area contributed by atoms with Crippen LogP contribution in [0.4, 0.5) is 5.69 Å². The van der Waals surface area contributed by atoms with Gasteiger partial charge in [-0.2, -0.15) is 4.31 Å². The molecule has 0 atom stereocenters. The SMILES string of the molecule is O=C1CN(S(=O)(=O)c2cccc(NC(=O)Cn3c(=O)cnc4ccccc43)c2)CCN1. The summed E-state index contributed by atoms with van der Waals surface area (Å²) in [6, 6.07) is 12.7. The highest BCUT2D eigenvalue weighted by Gasteiger charge is 2.29. The molecule has 2 aromatic carbocycles. The van der Waals surface area contributed by atoms with E-state index in [9.17, 15) is 22.8 Å². The Balaban J connectivity index is 1.55. The van der Waals surface area contributed by atoms with Gasteiger partial charge in [0.1, 0.15) is 6.54 Å². The fourth-order valence-electron chi connectivity index (χ4n) is 3.33. The summed E-state index contributed by atoms with van der Waals surface area (Å²) >= 11 is 0. The third-order valence-electron chi connectivity index (χ3n) is 4.81. The predicted molar refractivity (Wildman–Crippen MR) is 113 cm³/mol. The molecule has 0 radical (unpaired) electrons. The zero-order valence-electron chi connectivity index (χ0n) is 16.3. The molecule has 4 rings (SSSR count). The average Bonchev–Trinajstić information content (AvgIpc) is 2.76. The fraction of sp³-hybridized carbons (Fsp3) is 0.200. The largest absolute Gasteiger partial charge is 0.354 e. The number of piperazine rings is 1. The van der Waals surface area contributed by atoms with Crippen LogP contribution >= 0.6 is 0 Å². The molecule has 1 saturated heterocycles. The van der Waals surface area contributed by atoms with Gasteiger partial charge in [-0.3, -0.25) is 19.0 Å². The number of nitrogens with zero attached hydrogens (tertiary/aromatic N) is 3. The maximum absolute atomic E-state index is 12.8. The first-order valence-corrected chi connectivity index (χ1v) is 10.9. The van der Waals surface area contributed by atoms with Gasteiger partial charge in [0.15, 0.2) is 0 Å². The van der Waals surface area contributed by atoms with Crippen molar-refractivity contribution >= 4 is 38.6 Å². The first-order chi connectivity index (χ1) is 14.8. The van der Waals surface area contributed by atoms with E-state index in [0.717, 1.165) is 10.5 Å². The third-order valence-corrected chi connectivity index (χ3v) is 6.65. The Morgan fingerprint density at radius 2 is 1.94 bits per heavy atom. The molecule has 0 spiro atoms. The van der Waals surface area contributed by atoms with Crippen LogP contribution in [0.5, 0.6) is 0 Å². The molecule has 2 N–H and O–H groups in total. The summed E-state index contributed by atoms with van der Waals surface area (Å²) in [5, 5.41) is 5.20. The molecule has 1 fully saturated rings. The van der Waals surface area contributed by atoms with E-state index in [1.54, 1.807) is 30.3 Å². The maximum Gasteiger partial charge on any atom is 0.269 e. The molecular formula is C20H19N5O5S. The van der Waals surface area contributed by atoms with E-state index in [2.05, 4.69) is 15.6 Å². The van der Waals surface area contributed by atoms with Gasteiger partial charge in [-0.25, -0.2) is 13.4 Å². The molecule has 1 aromatic heterocycles. The van der Waals surface area contributed by atoms with E-state index in [1.165, 1.54) is 22.8 Å². The molecule has 160 valence electrons. The Morgan fingerprint density at radius 3 is 2.74 bits per heavy atom. The van der Waals surface area contributed by atoms with Crippen molar-refractivity contribution in [3.8, 4) is 0 Å². The lowest BCUT2D eigenvalue weighted by molar-refractivity contribution is -0.122. The minimum absolute atomic E-state index is 0.0356. The highest BCUT2D eigenvalue weighted by atomic mass is 32.2. The molecule has 0 bridgehead atoms. The lowest BCUT2D eigenvalue weighted by Crippen LogP contribution is -2.49. The molecule has 2 heterocycles. The quantitative estimate of drug-likeness (QED) is 0.580. The zero-order valence-corrected chi connectivity index (χ0v) is 17.1. The Hall–Kier alpha value is -3.57. The van der Waals surface area contributed by atoms with Crippen molar-refractivity contribution in [1.82, 2.24) is 19.2 Å². The molecule has 0 unspecified atom stereocenters. The van der Waals surface area contributed by atoms with Gasteiger partial charge in [-0.05, 0) is 30.3 Å². The first kappa shape index (κ1) is 20.7. The van der Waals surface area contributed by atoms with E-state index < -0.39 is 21.5 Å². The van der Waals surface area contributed by atoms with Crippen molar-refractivity contribution < 1.29 is 18.0 Å². The Bertz CT molecular complexity index is 1340. The first-order valence-electron chi connectivity index (χ1n) is 9.46. The molecule has 0 aliphatic carbocycles. The van der Waals surface area contributed by atoms with Crippen molar-refractivity contribution in [3.05, 3.63) is 65.1 Å². The molecule has 31 heavy (non-hydrogen) atoms. The minimum atomic E-state index is -3.89. The van der Waals surface area contributed by atoms with E-state index in [0.29, 0.717) is 11.0 Å².